The molecule has 0 unspecified atom stereocenters. The average molecular weight is 267 g/mol. The molecule has 0 N–H and O–H groups in total. The second kappa shape index (κ2) is 5.56. The van der Waals surface area contributed by atoms with Gasteiger partial charge in [0.15, 0.2) is 0 Å². The van der Waals surface area contributed by atoms with Crippen LogP contribution in [0.3, 0.4) is 0 Å². The third-order valence-corrected chi connectivity index (χ3v) is 4.05. The fourth-order valence-electron chi connectivity index (χ4n) is 1.95. The smallest absolute Gasteiger partial charge is 0.233 e. The van der Waals surface area contributed by atoms with E-state index in [1.807, 2.05) is 20.0 Å². The number of likely N-dealkylation sites (tertiary alicyclic amines) is 1. The Morgan fingerprint density at radius 3 is 2.67 bits per heavy atom. The Morgan fingerprint density at radius 1 is 1.44 bits per heavy atom. The van der Waals surface area contributed by atoms with Gasteiger partial charge in [-0.25, -0.2) is 0 Å². The summed E-state index contributed by atoms with van der Waals surface area (Å²) in [6.45, 7) is 3.08. The van der Waals surface area contributed by atoms with Crippen molar-refractivity contribution in [2.45, 2.75) is 24.8 Å². The lowest BCUT2D eigenvalue weighted by Gasteiger charge is -2.25. The topological polar surface area (TPSA) is 55.2 Å². The lowest BCUT2D eigenvalue weighted by atomic mass is 10.1. The quantitative estimate of drug-likeness (QED) is 0.767. The first kappa shape index (κ1) is 13.1. The van der Waals surface area contributed by atoms with Gasteiger partial charge in [-0.05, 0) is 13.0 Å². The fraction of sp³-hybridized carbons (Fsp3) is 0.583. The molecule has 1 fully saturated rings. The number of aryl methyl sites for hydroxylation is 2. The minimum absolute atomic E-state index is 0.103. The van der Waals surface area contributed by atoms with Crippen LogP contribution in [0.15, 0.2) is 11.1 Å². The first-order chi connectivity index (χ1) is 8.56. The molecule has 0 bridgehead atoms. The maximum atomic E-state index is 12.0. The molecule has 0 aromatic carbocycles. The minimum atomic E-state index is 0.103. The SMILES string of the molecule is Cc1cc(SCC(=O)N2CCC(=O)CC2)n(C)n1. The van der Waals surface area contributed by atoms with Crippen LogP contribution in [-0.2, 0) is 16.6 Å². The largest absolute Gasteiger partial charge is 0.341 e. The second-order valence-electron chi connectivity index (χ2n) is 4.46. The van der Waals surface area contributed by atoms with E-state index in [9.17, 15) is 9.59 Å². The third-order valence-electron chi connectivity index (χ3n) is 2.98. The number of carbonyl (C=O) groups excluding carboxylic acids is 2. The molecular weight excluding hydrogens is 250 g/mol. The van der Waals surface area contributed by atoms with Crippen molar-refractivity contribution in [1.29, 1.82) is 0 Å². The highest BCUT2D eigenvalue weighted by Gasteiger charge is 2.20. The van der Waals surface area contributed by atoms with E-state index in [0.29, 0.717) is 31.7 Å². The number of aromatic nitrogens is 2. The highest BCUT2D eigenvalue weighted by Crippen LogP contribution is 2.19. The number of ketones is 1. The molecule has 0 aliphatic carbocycles. The van der Waals surface area contributed by atoms with Gasteiger partial charge < -0.3 is 4.90 Å². The fourth-order valence-corrected chi connectivity index (χ4v) is 2.89. The maximum Gasteiger partial charge on any atom is 0.233 e. The molecule has 18 heavy (non-hydrogen) atoms. The minimum Gasteiger partial charge on any atom is -0.341 e. The van der Waals surface area contributed by atoms with Gasteiger partial charge in [-0.1, -0.05) is 11.8 Å². The summed E-state index contributed by atoms with van der Waals surface area (Å²) in [5.74, 6) is 0.771. The molecule has 1 saturated heterocycles. The van der Waals surface area contributed by atoms with Crippen LogP contribution in [0.1, 0.15) is 18.5 Å². The Bertz CT molecular complexity index is 460. The van der Waals surface area contributed by atoms with Crippen LogP contribution >= 0.6 is 11.8 Å². The molecule has 1 aliphatic rings. The van der Waals surface area contributed by atoms with Gasteiger partial charge >= 0.3 is 0 Å². The van der Waals surface area contributed by atoms with Crippen LogP contribution in [0, 0.1) is 6.92 Å². The van der Waals surface area contributed by atoms with E-state index in [4.69, 9.17) is 0 Å². The molecule has 0 atom stereocenters. The summed E-state index contributed by atoms with van der Waals surface area (Å²) < 4.78 is 1.78. The van der Waals surface area contributed by atoms with Crippen LogP contribution < -0.4 is 0 Å². The van der Waals surface area contributed by atoms with Gasteiger partial charge in [0.2, 0.25) is 5.91 Å². The van der Waals surface area contributed by atoms with Crippen molar-refractivity contribution in [2.75, 3.05) is 18.8 Å². The number of carbonyl (C=O) groups is 2. The van der Waals surface area contributed by atoms with E-state index in [1.54, 1.807) is 9.58 Å². The van der Waals surface area contributed by atoms with E-state index in [2.05, 4.69) is 5.10 Å². The number of amides is 1. The Labute approximate surface area is 111 Å². The number of Topliss-reactive ketones (excluding diaryl/α,β-unsaturated/α-hetero) is 1. The molecule has 0 spiro atoms. The monoisotopic (exact) mass is 267 g/mol. The predicted molar refractivity (Wildman–Crippen MR) is 69.5 cm³/mol. The number of hydrogen-bond donors (Lipinski definition) is 0. The number of rotatable bonds is 3. The summed E-state index contributed by atoms with van der Waals surface area (Å²) in [6, 6.07) is 1.97. The second-order valence-corrected chi connectivity index (χ2v) is 5.45. The van der Waals surface area contributed by atoms with E-state index in [-0.39, 0.29) is 11.7 Å². The summed E-state index contributed by atoms with van der Waals surface area (Å²) in [6.07, 6.45) is 1.00. The summed E-state index contributed by atoms with van der Waals surface area (Å²) in [5.41, 5.74) is 0.955. The van der Waals surface area contributed by atoms with Gasteiger partial charge in [-0.3, -0.25) is 14.3 Å². The van der Waals surface area contributed by atoms with Gasteiger partial charge in [0.1, 0.15) is 5.78 Å². The predicted octanol–water partition coefficient (Wildman–Crippen LogP) is 1.01. The van der Waals surface area contributed by atoms with Crippen LogP contribution in [-0.4, -0.2) is 45.2 Å². The van der Waals surface area contributed by atoms with Gasteiger partial charge in [-0.15, -0.1) is 0 Å². The van der Waals surface area contributed by atoms with Crippen molar-refractivity contribution in [3.8, 4) is 0 Å². The summed E-state index contributed by atoms with van der Waals surface area (Å²) in [5, 5.41) is 5.23. The molecule has 0 radical (unpaired) electrons. The van der Waals surface area contributed by atoms with Crippen LogP contribution in [0.4, 0.5) is 0 Å². The van der Waals surface area contributed by atoms with E-state index in [1.165, 1.54) is 11.8 Å². The zero-order chi connectivity index (χ0) is 13.1. The van der Waals surface area contributed by atoms with Crippen molar-refractivity contribution in [2.24, 2.45) is 7.05 Å². The maximum absolute atomic E-state index is 12.0. The molecule has 0 saturated carbocycles. The summed E-state index contributed by atoms with van der Waals surface area (Å²) in [4.78, 5) is 24.8. The van der Waals surface area contributed by atoms with Crippen LogP contribution in [0.2, 0.25) is 0 Å². The zero-order valence-corrected chi connectivity index (χ0v) is 11.5. The number of hydrogen-bond acceptors (Lipinski definition) is 4. The molecule has 6 heteroatoms. The Hall–Kier alpha value is -1.30. The lowest BCUT2D eigenvalue weighted by Crippen LogP contribution is -2.39. The van der Waals surface area contributed by atoms with Gasteiger partial charge in [0.05, 0.1) is 16.5 Å². The molecule has 1 aromatic heterocycles. The van der Waals surface area contributed by atoms with Crippen molar-refractivity contribution >= 4 is 23.5 Å². The highest BCUT2D eigenvalue weighted by molar-refractivity contribution is 7.99. The van der Waals surface area contributed by atoms with Gasteiger partial charge in [-0.2, -0.15) is 5.10 Å². The zero-order valence-electron chi connectivity index (χ0n) is 10.7. The number of thioether (sulfide) groups is 1. The Kier molecular flexibility index (Phi) is 4.06. The standard InChI is InChI=1S/C12H17N3O2S/c1-9-7-12(14(2)13-9)18-8-11(17)15-5-3-10(16)4-6-15/h7H,3-6,8H2,1-2H3. The third kappa shape index (κ3) is 3.13. The molecule has 1 aliphatic heterocycles. The van der Waals surface area contributed by atoms with Gasteiger partial charge in [0, 0.05) is 33.0 Å². The molecule has 98 valence electrons. The lowest BCUT2D eigenvalue weighted by molar-refractivity contribution is -0.132. The first-order valence-corrected chi connectivity index (χ1v) is 6.98. The van der Waals surface area contributed by atoms with E-state index < -0.39 is 0 Å². The molecule has 5 nitrogen and oxygen atoms in total. The van der Waals surface area contributed by atoms with Crippen molar-refractivity contribution in [3.63, 3.8) is 0 Å². The van der Waals surface area contributed by atoms with E-state index in [0.717, 1.165) is 10.7 Å². The number of piperidine rings is 1. The first-order valence-electron chi connectivity index (χ1n) is 5.99. The number of nitrogens with zero attached hydrogens (tertiary/aromatic N) is 3. The Balaban J connectivity index is 1.85. The van der Waals surface area contributed by atoms with Crippen LogP contribution in [0.5, 0.6) is 0 Å². The van der Waals surface area contributed by atoms with E-state index >= 15 is 0 Å². The van der Waals surface area contributed by atoms with Crippen LogP contribution in [0.25, 0.3) is 0 Å². The average Bonchev–Trinajstić information content (AvgIpc) is 2.66. The molecule has 2 heterocycles. The van der Waals surface area contributed by atoms with Gasteiger partial charge in [0.25, 0.3) is 0 Å². The van der Waals surface area contributed by atoms with Crippen molar-refractivity contribution < 1.29 is 9.59 Å². The Morgan fingerprint density at radius 2 is 2.11 bits per heavy atom. The molecule has 1 amide bonds. The summed E-state index contributed by atoms with van der Waals surface area (Å²) in [7, 11) is 1.87. The highest BCUT2D eigenvalue weighted by atomic mass is 32.2. The normalized spacial score (nSPS) is 16.1. The van der Waals surface area contributed by atoms with Crippen molar-refractivity contribution in [3.05, 3.63) is 11.8 Å². The molecular formula is C12H17N3O2S. The molecule has 2 rings (SSSR count). The summed E-state index contributed by atoms with van der Waals surface area (Å²) >= 11 is 1.49. The van der Waals surface area contributed by atoms with Crippen molar-refractivity contribution in [1.82, 2.24) is 14.7 Å². The molecule has 1 aromatic rings.